The molecule has 1 aliphatic rings. The predicted molar refractivity (Wildman–Crippen MR) is 89.3 cm³/mol. The fourth-order valence-corrected chi connectivity index (χ4v) is 2.65. The first-order valence-electron chi connectivity index (χ1n) is 7.79. The van der Waals surface area contributed by atoms with Crippen LogP contribution in [0.1, 0.15) is 12.0 Å². The second-order valence-corrected chi connectivity index (χ2v) is 5.63. The molecule has 136 valence electrons. The van der Waals surface area contributed by atoms with Gasteiger partial charge >= 0.3 is 6.18 Å². The Labute approximate surface area is 146 Å². The standard InChI is InChI=1S/C16H22F3N3O.ClH/c17-16(18,19)14(22-10-8-20-9-11-22)12-21-15(23)7-6-13-4-2-1-3-5-13;/h1-5,14,20H,6-12H2,(H,21,23);1H. The zero-order chi connectivity index (χ0) is 16.7. The number of nitrogens with zero attached hydrogens (tertiary/aromatic N) is 1. The maximum absolute atomic E-state index is 13.2. The molecule has 0 radical (unpaired) electrons. The Morgan fingerprint density at radius 2 is 1.83 bits per heavy atom. The van der Waals surface area contributed by atoms with E-state index in [9.17, 15) is 18.0 Å². The number of carbonyl (C=O) groups excluding carboxylic acids is 1. The van der Waals surface area contributed by atoms with Crippen molar-refractivity contribution in [2.45, 2.75) is 25.1 Å². The number of halogens is 4. The molecule has 24 heavy (non-hydrogen) atoms. The third kappa shape index (κ3) is 6.67. The van der Waals surface area contributed by atoms with E-state index in [4.69, 9.17) is 0 Å². The van der Waals surface area contributed by atoms with E-state index >= 15 is 0 Å². The summed E-state index contributed by atoms with van der Waals surface area (Å²) < 4.78 is 39.6. The van der Waals surface area contributed by atoms with Crippen LogP contribution in [0.5, 0.6) is 0 Å². The van der Waals surface area contributed by atoms with E-state index in [1.807, 2.05) is 30.3 Å². The number of benzene rings is 1. The first-order chi connectivity index (χ1) is 11.0. The van der Waals surface area contributed by atoms with E-state index in [0.29, 0.717) is 32.6 Å². The highest BCUT2D eigenvalue weighted by atomic mass is 35.5. The van der Waals surface area contributed by atoms with Crippen molar-refractivity contribution in [2.24, 2.45) is 0 Å². The van der Waals surface area contributed by atoms with Gasteiger partial charge in [0.1, 0.15) is 6.04 Å². The van der Waals surface area contributed by atoms with E-state index in [-0.39, 0.29) is 24.7 Å². The lowest BCUT2D eigenvalue weighted by Gasteiger charge is -2.35. The van der Waals surface area contributed by atoms with Crippen LogP contribution in [-0.4, -0.2) is 55.7 Å². The Morgan fingerprint density at radius 3 is 2.42 bits per heavy atom. The summed E-state index contributed by atoms with van der Waals surface area (Å²) in [5.74, 6) is -0.349. The Morgan fingerprint density at radius 1 is 1.21 bits per heavy atom. The molecule has 1 aliphatic heterocycles. The lowest BCUT2D eigenvalue weighted by molar-refractivity contribution is -0.184. The Balaban J connectivity index is 0.00000288. The number of carbonyl (C=O) groups is 1. The average molecular weight is 366 g/mol. The minimum absolute atomic E-state index is 0. The van der Waals surface area contributed by atoms with Crippen LogP contribution in [0, 0.1) is 0 Å². The van der Waals surface area contributed by atoms with Crippen molar-refractivity contribution in [3.05, 3.63) is 35.9 Å². The number of amides is 1. The van der Waals surface area contributed by atoms with Crippen LogP contribution in [0.4, 0.5) is 13.2 Å². The molecule has 2 N–H and O–H groups in total. The SMILES string of the molecule is Cl.O=C(CCc1ccccc1)NCC(N1CCNCC1)C(F)(F)F. The van der Waals surface area contributed by atoms with Gasteiger partial charge in [-0.3, -0.25) is 9.69 Å². The fraction of sp³-hybridized carbons (Fsp3) is 0.562. The quantitative estimate of drug-likeness (QED) is 0.810. The number of hydrogen-bond acceptors (Lipinski definition) is 3. The fourth-order valence-electron chi connectivity index (χ4n) is 2.65. The van der Waals surface area contributed by atoms with Gasteiger partial charge in [0, 0.05) is 39.1 Å². The van der Waals surface area contributed by atoms with Crippen molar-refractivity contribution in [2.75, 3.05) is 32.7 Å². The summed E-state index contributed by atoms with van der Waals surface area (Å²) >= 11 is 0. The molecule has 0 bridgehead atoms. The number of aryl methyl sites for hydroxylation is 1. The molecule has 1 amide bonds. The van der Waals surface area contributed by atoms with Crippen molar-refractivity contribution >= 4 is 18.3 Å². The number of alkyl halides is 3. The molecule has 0 spiro atoms. The van der Waals surface area contributed by atoms with Gasteiger partial charge in [-0.25, -0.2) is 0 Å². The normalized spacial score (nSPS) is 17.0. The van der Waals surface area contributed by atoms with Crippen LogP contribution in [0.3, 0.4) is 0 Å². The molecule has 4 nitrogen and oxygen atoms in total. The molecule has 8 heteroatoms. The lowest BCUT2D eigenvalue weighted by atomic mass is 10.1. The van der Waals surface area contributed by atoms with Gasteiger partial charge in [-0.1, -0.05) is 30.3 Å². The van der Waals surface area contributed by atoms with Crippen LogP contribution < -0.4 is 10.6 Å². The first-order valence-corrected chi connectivity index (χ1v) is 7.79. The molecule has 1 saturated heterocycles. The molecule has 1 fully saturated rings. The molecule has 1 heterocycles. The van der Waals surface area contributed by atoms with E-state index in [1.54, 1.807) is 0 Å². The molecule has 1 atom stereocenters. The van der Waals surface area contributed by atoms with Gasteiger partial charge in [-0.15, -0.1) is 12.4 Å². The van der Waals surface area contributed by atoms with Crippen molar-refractivity contribution in [1.29, 1.82) is 0 Å². The van der Waals surface area contributed by atoms with E-state index in [2.05, 4.69) is 10.6 Å². The largest absolute Gasteiger partial charge is 0.405 e. The Bertz CT molecular complexity index is 493. The molecule has 0 aliphatic carbocycles. The van der Waals surface area contributed by atoms with Crippen molar-refractivity contribution in [3.63, 3.8) is 0 Å². The summed E-state index contributed by atoms with van der Waals surface area (Å²) in [5, 5.41) is 5.46. The summed E-state index contributed by atoms with van der Waals surface area (Å²) in [6.45, 7) is 1.36. The van der Waals surface area contributed by atoms with Crippen LogP contribution >= 0.6 is 12.4 Å². The van der Waals surface area contributed by atoms with Gasteiger partial charge < -0.3 is 10.6 Å². The molecular weight excluding hydrogens is 343 g/mol. The average Bonchev–Trinajstić information content (AvgIpc) is 2.54. The zero-order valence-corrected chi connectivity index (χ0v) is 14.1. The second-order valence-electron chi connectivity index (χ2n) is 5.63. The van der Waals surface area contributed by atoms with Gasteiger partial charge in [0.05, 0.1) is 0 Å². The monoisotopic (exact) mass is 365 g/mol. The molecule has 0 aromatic heterocycles. The van der Waals surface area contributed by atoms with Crippen LogP contribution in [0.2, 0.25) is 0 Å². The summed E-state index contributed by atoms with van der Waals surface area (Å²) in [6, 6.07) is 7.80. The summed E-state index contributed by atoms with van der Waals surface area (Å²) in [4.78, 5) is 13.2. The molecule has 1 unspecified atom stereocenters. The Hall–Kier alpha value is -1.31. The van der Waals surface area contributed by atoms with Gasteiger partial charge in [-0.05, 0) is 12.0 Å². The highest BCUT2D eigenvalue weighted by Gasteiger charge is 2.43. The number of hydrogen-bond donors (Lipinski definition) is 2. The van der Waals surface area contributed by atoms with Crippen LogP contribution in [0.15, 0.2) is 30.3 Å². The van der Waals surface area contributed by atoms with E-state index in [1.165, 1.54) is 4.90 Å². The summed E-state index contributed by atoms with van der Waals surface area (Å²) in [6.07, 6.45) is -3.63. The second kappa shape index (κ2) is 9.86. The van der Waals surface area contributed by atoms with Crippen molar-refractivity contribution in [3.8, 4) is 0 Å². The number of nitrogens with one attached hydrogen (secondary N) is 2. The molecule has 0 saturated carbocycles. The van der Waals surface area contributed by atoms with Gasteiger partial charge in [0.25, 0.3) is 0 Å². The van der Waals surface area contributed by atoms with Gasteiger partial charge in [0.2, 0.25) is 5.91 Å². The lowest BCUT2D eigenvalue weighted by Crippen LogP contribution is -2.57. The maximum atomic E-state index is 13.2. The highest BCUT2D eigenvalue weighted by Crippen LogP contribution is 2.24. The molecular formula is C16H23ClF3N3O. The topological polar surface area (TPSA) is 44.4 Å². The summed E-state index contributed by atoms with van der Waals surface area (Å²) in [5.41, 5.74) is 0.997. The van der Waals surface area contributed by atoms with Gasteiger partial charge in [0.15, 0.2) is 0 Å². The van der Waals surface area contributed by atoms with Crippen LogP contribution in [-0.2, 0) is 11.2 Å². The Kier molecular flexibility index (Phi) is 8.52. The van der Waals surface area contributed by atoms with Crippen molar-refractivity contribution in [1.82, 2.24) is 15.5 Å². The molecule has 2 rings (SSSR count). The first kappa shape index (κ1) is 20.7. The van der Waals surface area contributed by atoms with E-state index < -0.39 is 18.8 Å². The predicted octanol–water partition coefficient (Wildman–Crippen LogP) is 1.99. The summed E-state index contributed by atoms with van der Waals surface area (Å²) in [7, 11) is 0. The third-order valence-electron chi connectivity index (χ3n) is 3.95. The minimum atomic E-state index is -4.34. The third-order valence-corrected chi connectivity index (χ3v) is 3.95. The highest BCUT2D eigenvalue weighted by molar-refractivity contribution is 5.85. The van der Waals surface area contributed by atoms with Gasteiger partial charge in [-0.2, -0.15) is 13.2 Å². The van der Waals surface area contributed by atoms with Crippen LogP contribution in [0.25, 0.3) is 0 Å². The zero-order valence-electron chi connectivity index (χ0n) is 13.3. The molecule has 1 aromatic rings. The molecule has 1 aromatic carbocycles. The van der Waals surface area contributed by atoms with E-state index in [0.717, 1.165) is 5.56 Å². The van der Waals surface area contributed by atoms with Crippen molar-refractivity contribution < 1.29 is 18.0 Å². The smallest absolute Gasteiger partial charge is 0.354 e. The number of piperazine rings is 1. The number of rotatable bonds is 6. The maximum Gasteiger partial charge on any atom is 0.405 e. The minimum Gasteiger partial charge on any atom is -0.354 e.